The highest BCUT2D eigenvalue weighted by Gasteiger charge is 2.52. The summed E-state index contributed by atoms with van der Waals surface area (Å²) in [6, 6.07) is 87.2. The Hall–Kier alpha value is -8.46. The third-order valence-corrected chi connectivity index (χ3v) is 14.3. The van der Waals surface area contributed by atoms with E-state index in [-0.39, 0.29) is 0 Å². The minimum atomic E-state index is -0.470. The van der Waals surface area contributed by atoms with Crippen molar-refractivity contribution in [1.29, 1.82) is 0 Å². The van der Waals surface area contributed by atoms with E-state index in [2.05, 4.69) is 241 Å². The van der Waals surface area contributed by atoms with Gasteiger partial charge in [0.25, 0.3) is 0 Å². The van der Waals surface area contributed by atoms with Crippen LogP contribution in [0.25, 0.3) is 88.0 Å². The van der Waals surface area contributed by atoms with Crippen LogP contribution in [0.15, 0.2) is 241 Å². The van der Waals surface area contributed by atoms with Gasteiger partial charge < -0.3 is 9.32 Å². The Morgan fingerprint density at radius 2 is 0.846 bits per heavy atom. The largest absolute Gasteiger partial charge is 0.455 e. The fourth-order valence-corrected chi connectivity index (χ4v) is 11.7. The molecule has 302 valence electrons. The highest BCUT2D eigenvalue weighted by atomic mass is 16.3. The van der Waals surface area contributed by atoms with Gasteiger partial charge in [0.15, 0.2) is 0 Å². The van der Waals surface area contributed by atoms with Gasteiger partial charge in [0.05, 0.1) is 16.8 Å². The van der Waals surface area contributed by atoms with E-state index in [1.165, 1.54) is 66.4 Å². The number of fused-ring (bicyclic) bond motifs is 16. The molecule has 0 atom stereocenters. The van der Waals surface area contributed by atoms with Gasteiger partial charge in [0.2, 0.25) is 0 Å². The first-order valence-corrected chi connectivity index (χ1v) is 22.5. The Balaban J connectivity index is 1.06. The summed E-state index contributed by atoms with van der Waals surface area (Å²) in [5.74, 6) is 0. The Morgan fingerprint density at radius 1 is 0.323 bits per heavy atom. The zero-order valence-corrected chi connectivity index (χ0v) is 35.4. The van der Waals surface area contributed by atoms with Crippen LogP contribution in [-0.2, 0) is 5.41 Å². The molecule has 0 fully saturated rings. The highest BCUT2D eigenvalue weighted by molar-refractivity contribution is 6.20. The summed E-state index contributed by atoms with van der Waals surface area (Å²) >= 11 is 0. The molecule has 11 aromatic carbocycles. The molecule has 0 unspecified atom stereocenters. The summed E-state index contributed by atoms with van der Waals surface area (Å²) in [6.45, 7) is 0. The topological polar surface area (TPSA) is 16.4 Å². The molecule has 2 nitrogen and oxygen atoms in total. The van der Waals surface area contributed by atoms with Crippen molar-refractivity contribution >= 4 is 60.5 Å². The van der Waals surface area contributed by atoms with Crippen LogP contribution in [0.3, 0.4) is 0 Å². The van der Waals surface area contributed by atoms with E-state index >= 15 is 0 Å². The van der Waals surface area contributed by atoms with E-state index < -0.39 is 5.41 Å². The first kappa shape index (κ1) is 36.1. The molecule has 1 aromatic heterocycles. The molecule has 12 aromatic rings. The van der Waals surface area contributed by atoms with Crippen LogP contribution in [0.1, 0.15) is 22.3 Å². The average Bonchev–Trinajstić information content (AvgIpc) is 4.01. The quantitative estimate of drug-likeness (QED) is 0.172. The van der Waals surface area contributed by atoms with Crippen molar-refractivity contribution in [3.63, 3.8) is 0 Å². The number of benzene rings is 11. The predicted octanol–water partition coefficient (Wildman–Crippen LogP) is 17.0. The molecule has 0 radical (unpaired) electrons. The fourth-order valence-electron chi connectivity index (χ4n) is 11.7. The highest BCUT2D eigenvalue weighted by Crippen LogP contribution is 2.65. The van der Waals surface area contributed by atoms with Crippen molar-refractivity contribution in [1.82, 2.24) is 0 Å². The van der Waals surface area contributed by atoms with Gasteiger partial charge in [-0.2, -0.15) is 0 Å². The van der Waals surface area contributed by atoms with Crippen molar-refractivity contribution in [2.75, 3.05) is 4.90 Å². The van der Waals surface area contributed by atoms with Crippen molar-refractivity contribution in [3.8, 4) is 44.5 Å². The number of hydrogen-bond donors (Lipinski definition) is 0. The van der Waals surface area contributed by atoms with Gasteiger partial charge in [-0.05, 0) is 108 Å². The maximum Gasteiger partial charge on any atom is 0.143 e. The minimum absolute atomic E-state index is 0.470. The van der Waals surface area contributed by atoms with Crippen molar-refractivity contribution in [2.24, 2.45) is 0 Å². The molecule has 2 aliphatic carbocycles. The molecule has 1 spiro atoms. The SMILES string of the molecule is c1ccc(N(c2ccc(-c3cccc4ccccc34)cc2)c2cccc3c2-c2ccccc2C32c3ccccc3-c3ccccc32)c(-c2cc3c4ccccc4oc3c3ccccc23)c1. The van der Waals surface area contributed by atoms with E-state index in [0.717, 1.165) is 60.9 Å². The van der Waals surface area contributed by atoms with Crippen LogP contribution in [0.5, 0.6) is 0 Å². The molecule has 0 N–H and O–H groups in total. The van der Waals surface area contributed by atoms with Crippen LogP contribution in [0, 0.1) is 0 Å². The standard InChI is InChI=1S/C63H39NO/c1-2-19-43-40(17-1)18-15-27-44(43)41-35-37-42(38-36-41)64(58-32-13-8-23-48(58)52-39-53-49-24-9-14-34-60(49)65-62(53)50-25-4-3-20-45(50)52)59-33-16-31-57-61(59)51-26-7-12-30-56(51)63(57)54-28-10-5-21-46(54)47-22-6-11-29-55(47)63/h1-39H. The Kier molecular flexibility index (Phi) is 7.64. The van der Waals surface area contributed by atoms with E-state index in [9.17, 15) is 0 Å². The zero-order valence-electron chi connectivity index (χ0n) is 35.4. The van der Waals surface area contributed by atoms with E-state index in [0.29, 0.717) is 0 Å². The second-order valence-corrected chi connectivity index (χ2v) is 17.5. The predicted molar refractivity (Wildman–Crippen MR) is 271 cm³/mol. The Morgan fingerprint density at radius 3 is 1.62 bits per heavy atom. The molecule has 14 rings (SSSR count). The van der Waals surface area contributed by atoms with Crippen LogP contribution in [-0.4, -0.2) is 0 Å². The summed E-state index contributed by atoms with van der Waals surface area (Å²) < 4.78 is 6.62. The van der Waals surface area contributed by atoms with E-state index in [4.69, 9.17) is 4.42 Å². The van der Waals surface area contributed by atoms with Crippen molar-refractivity contribution in [2.45, 2.75) is 5.41 Å². The van der Waals surface area contributed by atoms with Gasteiger partial charge in [-0.25, -0.2) is 0 Å². The average molecular weight is 826 g/mol. The first-order chi connectivity index (χ1) is 32.3. The van der Waals surface area contributed by atoms with Crippen molar-refractivity contribution in [3.05, 3.63) is 259 Å². The Bertz CT molecular complexity index is 3860. The fraction of sp³-hybridized carbons (Fsp3) is 0.0159. The molecule has 65 heavy (non-hydrogen) atoms. The van der Waals surface area contributed by atoms with Gasteiger partial charge in [0, 0.05) is 33.0 Å². The van der Waals surface area contributed by atoms with E-state index in [1.54, 1.807) is 0 Å². The second-order valence-electron chi connectivity index (χ2n) is 17.5. The minimum Gasteiger partial charge on any atom is -0.455 e. The number of para-hydroxylation sites is 2. The molecular weight excluding hydrogens is 787 g/mol. The monoisotopic (exact) mass is 825 g/mol. The maximum atomic E-state index is 6.62. The molecule has 0 amide bonds. The summed E-state index contributed by atoms with van der Waals surface area (Å²) in [5.41, 5.74) is 19.8. The number of furan rings is 1. The van der Waals surface area contributed by atoms with Gasteiger partial charge in [0.1, 0.15) is 11.2 Å². The third kappa shape index (κ3) is 4.99. The van der Waals surface area contributed by atoms with Crippen LogP contribution >= 0.6 is 0 Å². The van der Waals surface area contributed by atoms with E-state index in [1.807, 2.05) is 0 Å². The molecule has 1 heterocycles. The smallest absolute Gasteiger partial charge is 0.143 e. The molecule has 2 aliphatic rings. The summed E-state index contributed by atoms with van der Waals surface area (Å²) in [4.78, 5) is 2.52. The lowest BCUT2D eigenvalue weighted by Crippen LogP contribution is -2.26. The summed E-state index contributed by atoms with van der Waals surface area (Å²) in [6.07, 6.45) is 0. The molecule has 0 saturated carbocycles. The third-order valence-electron chi connectivity index (χ3n) is 14.3. The van der Waals surface area contributed by atoms with Crippen LogP contribution in [0.2, 0.25) is 0 Å². The normalized spacial score (nSPS) is 13.0. The Labute approximate surface area is 376 Å². The number of nitrogens with zero attached hydrogens (tertiary/aromatic N) is 1. The van der Waals surface area contributed by atoms with Gasteiger partial charge in [-0.15, -0.1) is 0 Å². The summed E-state index contributed by atoms with van der Waals surface area (Å²) in [5, 5.41) is 6.98. The number of rotatable bonds is 5. The lowest BCUT2D eigenvalue weighted by Gasteiger charge is -2.32. The molecule has 0 aliphatic heterocycles. The summed E-state index contributed by atoms with van der Waals surface area (Å²) in [7, 11) is 0. The number of hydrogen-bond acceptors (Lipinski definition) is 2. The zero-order chi connectivity index (χ0) is 42.6. The van der Waals surface area contributed by atoms with Crippen LogP contribution in [0.4, 0.5) is 17.1 Å². The van der Waals surface area contributed by atoms with Gasteiger partial charge in [-0.3, -0.25) is 0 Å². The van der Waals surface area contributed by atoms with Crippen molar-refractivity contribution < 1.29 is 4.42 Å². The molecule has 0 bridgehead atoms. The lowest BCUT2D eigenvalue weighted by atomic mass is 9.70. The molecular formula is C63H39NO. The molecule has 2 heteroatoms. The second kappa shape index (κ2) is 13.8. The maximum absolute atomic E-state index is 6.62. The number of anilines is 3. The lowest BCUT2D eigenvalue weighted by molar-refractivity contribution is 0.672. The molecule has 0 saturated heterocycles. The first-order valence-electron chi connectivity index (χ1n) is 22.5. The van der Waals surface area contributed by atoms with Crippen LogP contribution < -0.4 is 4.90 Å². The van der Waals surface area contributed by atoms with Gasteiger partial charge >= 0.3 is 0 Å². The van der Waals surface area contributed by atoms with Gasteiger partial charge in [-0.1, -0.05) is 200 Å².